The Morgan fingerprint density at radius 3 is 2.88 bits per heavy atom. The van der Waals surface area contributed by atoms with Crippen LogP contribution < -0.4 is 5.73 Å². The molecule has 0 saturated carbocycles. The highest BCUT2D eigenvalue weighted by Gasteiger charge is 2.26. The Labute approximate surface area is 187 Å². The van der Waals surface area contributed by atoms with Gasteiger partial charge in [-0.15, -0.1) is 21.5 Å². The van der Waals surface area contributed by atoms with Crippen LogP contribution in [0.1, 0.15) is 22.5 Å². The normalized spacial score (nSPS) is 16.3. The third-order valence-electron chi connectivity index (χ3n) is 5.62. The van der Waals surface area contributed by atoms with Gasteiger partial charge >= 0.3 is 0 Å². The van der Waals surface area contributed by atoms with Crippen LogP contribution in [0.3, 0.4) is 0 Å². The zero-order chi connectivity index (χ0) is 22.2. The second-order valence-electron chi connectivity index (χ2n) is 7.80. The average Bonchev–Trinajstić information content (AvgIpc) is 3.45. The number of halogens is 1. The van der Waals surface area contributed by atoms with Gasteiger partial charge in [-0.2, -0.15) is 0 Å². The van der Waals surface area contributed by atoms with Crippen molar-refractivity contribution in [1.82, 2.24) is 19.5 Å². The van der Waals surface area contributed by atoms with Crippen molar-refractivity contribution < 1.29 is 9.18 Å². The number of carbonyl (C=O) groups excluding carboxylic acids is 1. The van der Waals surface area contributed by atoms with Gasteiger partial charge in [0.1, 0.15) is 12.1 Å². The zero-order valence-corrected chi connectivity index (χ0v) is 17.8. The summed E-state index contributed by atoms with van der Waals surface area (Å²) in [6.07, 6.45) is 5.29. The third kappa shape index (κ3) is 3.64. The lowest BCUT2D eigenvalue weighted by Crippen LogP contribution is -2.45. The summed E-state index contributed by atoms with van der Waals surface area (Å²) in [4.78, 5) is 19.7. The molecule has 0 bridgehead atoms. The first kappa shape index (κ1) is 20.3. The van der Waals surface area contributed by atoms with Crippen LogP contribution in [0.2, 0.25) is 0 Å². The fourth-order valence-corrected chi connectivity index (χ4v) is 5.14. The molecule has 0 radical (unpaired) electrons. The number of carbonyl (C=O) groups is 1. The van der Waals surface area contributed by atoms with Crippen molar-refractivity contribution in [3.05, 3.63) is 71.0 Å². The third-order valence-corrected chi connectivity index (χ3v) is 6.79. The number of fused-ring (bicyclic) bond motifs is 1. The lowest BCUT2D eigenvalue weighted by atomic mass is 10.0. The minimum Gasteiger partial charge on any atom is -0.336 e. The summed E-state index contributed by atoms with van der Waals surface area (Å²) in [5.74, 6) is -0.653. The van der Waals surface area contributed by atoms with Crippen molar-refractivity contribution >= 4 is 28.6 Å². The molecule has 1 aliphatic rings. The molecule has 1 aromatic carbocycles. The van der Waals surface area contributed by atoms with Crippen LogP contribution in [0, 0.1) is 12.4 Å². The van der Waals surface area contributed by atoms with Crippen LogP contribution >= 0.6 is 11.3 Å². The molecule has 2 N–H and O–H groups in total. The number of likely N-dealkylation sites (tertiary alicyclic amines) is 1. The number of aromatic nitrogens is 3. The van der Waals surface area contributed by atoms with Crippen molar-refractivity contribution in [3.8, 4) is 21.6 Å². The maximum atomic E-state index is 14.4. The Morgan fingerprint density at radius 2 is 2.09 bits per heavy atom. The van der Waals surface area contributed by atoms with E-state index in [4.69, 9.17) is 12.3 Å². The predicted molar refractivity (Wildman–Crippen MR) is 121 cm³/mol. The van der Waals surface area contributed by atoms with Crippen molar-refractivity contribution in [2.45, 2.75) is 18.9 Å². The number of nitrogens with two attached hydrogens (primary N) is 1. The number of nitrogens with zero attached hydrogens (tertiary/aromatic N) is 5. The largest absolute Gasteiger partial charge is 0.336 e. The average molecular weight is 447 g/mol. The van der Waals surface area contributed by atoms with Gasteiger partial charge < -0.3 is 10.6 Å². The highest BCUT2D eigenvalue weighted by atomic mass is 32.1. The number of benzene rings is 1. The lowest BCUT2D eigenvalue weighted by molar-refractivity contribution is 0.0714. The summed E-state index contributed by atoms with van der Waals surface area (Å²) in [6.45, 7) is 8.31. The molecule has 32 heavy (non-hydrogen) atoms. The Balaban J connectivity index is 1.62. The van der Waals surface area contributed by atoms with Gasteiger partial charge in [-0.1, -0.05) is 12.1 Å². The van der Waals surface area contributed by atoms with Gasteiger partial charge in [0.05, 0.1) is 11.4 Å². The van der Waals surface area contributed by atoms with Crippen molar-refractivity contribution in [1.29, 1.82) is 0 Å². The van der Waals surface area contributed by atoms with Crippen molar-refractivity contribution in [3.63, 3.8) is 0 Å². The maximum absolute atomic E-state index is 14.4. The van der Waals surface area contributed by atoms with Gasteiger partial charge in [-0.05, 0) is 42.7 Å². The topological polar surface area (TPSA) is 80.9 Å². The summed E-state index contributed by atoms with van der Waals surface area (Å²) in [5.41, 5.74) is 8.96. The molecule has 0 aliphatic carbocycles. The van der Waals surface area contributed by atoms with Crippen LogP contribution in [0.25, 0.3) is 32.1 Å². The fourth-order valence-electron chi connectivity index (χ4n) is 4.00. The molecule has 1 fully saturated rings. The number of hydrogen-bond acceptors (Lipinski definition) is 5. The molecule has 4 heterocycles. The monoisotopic (exact) mass is 446 g/mol. The summed E-state index contributed by atoms with van der Waals surface area (Å²) in [7, 11) is 0. The van der Waals surface area contributed by atoms with Crippen molar-refractivity contribution in [2.75, 3.05) is 13.1 Å². The molecule has 0 spiro atoms. The first-order chi connectivity index (χ1) is 15.5. The molecular formula is C23H19FN6OS. The Bertz CT molecular complexity index is 1370. The van der Waals surface area contributed by atoms with E-state index in [9.17, 15) is 9.18 Å². The first-order valence-corrected chi connectivity index (χ1v) is 11.0. The maximum Gasteiger partial charge on any atom is 0.264 e. The van der Waals surface area contributed by atoms with Crippen LogP contribution in [0.4, 0.5) is 10.1 Å². The predicted octanol–water partition coefficient (Wildman–Crippen LogP) is 4.38. The summed E-state index contributed by atoms with van der Waals surface area (Å²) < 4.78 is 16.2. The smallest absolute Gasteiger partial charge is 0.264 e. The zero-order valence-electron chi connectivity index (χ0n) is 17.0. The Kier molecular flexibility index (Phi) is 5.17. The summed E-state index contributed by atoms with van der Waals surface area (Å²) in [6, 6.07) is 10.1. The van der Waals surface area contributed by atoms with Crippen molar-refractivity contribution in [2.24, 2.45) is 5.73 Å². The molecule has 4 aromatic rings. The lowest BCUT2D eigenvalue weighted by Gasteiger charge is -2.30. The minimum absolute atomic E-state index is 0.0157. The quantitative estimate of drug-likeness (QED) is 0.474. The molecule has 0 unspecified atom stereocenters. The summed E-state index contributed by atoms with van der Waals surface area (Å²) >= 11 is 1.37. The van der Waals surface area contributed by atoms with E-state index in [0.717, 1.165) is 28.8 Å². The molecule has 7 nitrogen and oxygen atoms in total. The Morgan fingerprint density at radius 1 is 1.25 bits per heavy atom. The second-order valence-corrected chi connectivity index (χ2v) is 8.85. The van der Waals surface area contributed by atoms with E-state index in [2.05, 4.69) is 15.0 Å². The summed E-state index contributed by atoms with van der Waals surface area (Å²) in [5, 5.41) is 7.95. The molecule has 3 aromatic heterocycles. The highest BCUT2D eigenvalue weighted by Crippen LogP contribution is 2.41. The number of thiophene rings is 1. The van der Waals surface area contributed by atoms with E-state index in [1.165, 1.54) is 23.5 Å². The van der Waals surface area contributed by atoms with E-state index in [1.807, 2.05) is 24.4 Å². The van der Waals surface area contributed by atoms with Crippen LogP contribution in [-0.4, -0.2) is 44.5 Å². The van der Waals surface area contributed by atoms with Gasteiger partial charge in [-0.25, -0.2) is 9.24 Å². The second kappa shape index (κ2) is 8.15. The SMILES string of the molecule is [C-]#[N+]c1ccc(-c2cc(C(=O)N3CCC[C@@H](N)C3)sc2-c2ccc3nncn3c2)cc1F. The van der Waals surface area contributed by atoms with E-state index >= 15 is 0 Å². The highest BCUT2D eigenvalue weighted by molar-refractivity contribution is 7.18. The molecule has 1 amide bonds. The van der Waals surface area contributed by atoms with E-state index in [1.54, 1.807) is 21.7 Å². The van der Waals surface area contributed by atoms with E-state index in [0.29, 0.717) is 29.2 Å². The van der Waals surface area contributed by atoms with Gasteiger partial charge in [0.2, 0.25) is 5.69 Å². The number of rotatable bonds is 3. The molecule has 5 rings (SSSR count). The van der Waals surface area contributed by atoms with E-state index in [-0.39, 0.29) is 17.6 Å². The van der Waals surface area contributed by atoms with Crippen LogP contribution in [-0.2, 0) is 0 Å². The molecule has 9 heteroatoms. The van der Waals surface area contributed by atoms with Crippen LogP contribution in [0.15, 0.2) is 48.9 Å². The molecule has 160 valence electrons. The van der Waals surface area contributed by atoms with Gasteiger partial charge in [-0.3, -0.25) is 9.20 Å². The number of hydrogen-bond donors (Lipinski definition) is 1. The minimum atomic E-state index is -0.584. The fraction of sp³-hybridized carbons (Fsp3) is 0.217. The number of piperidine rings is 1. The standard InChI is InChI=1S/C23H19FN6OS/c1-26-19-6-4-14(9-18(19)24)17-10-20(23(31)29-8-2-3-16(25)12-29)32-22(17)15-5-7-21-28-27-13-30(21)11-15/h4-7,9-11,13,16H,2-3,8,12,25H2/t16-/m1/s1. The number of amides is 1. The number of pyridine rings is 1. The molecular weight excluding hydrogens is 427 g/mol. The molecule has 1 aliphatic heterocycles. The van der Waals surface area contributed by atoms with Crippen LogP contribution in [0.5, 0.6) is 0 Å². The van der Waals surface area contributed by atoms with Gasteiger partial charge in [0, 0.05) is 41.3 Å². The van der Waals surface area contributed by atoms with Gasteiger partial charge in [0.25, 0.3) is 5.91 Å². The Hall–Kier alpha value is -3.61. The van der Waals surface area contributed by atoms with Gasteiger partial charge in [0.15, 0.2) is 5.65 Å². The first-order valence-electron chi connectivity index (χ1n) is 10.2. The molecule has 1 saturated heterocycles. The van der Waals surface area contributed by atoms with E-state index < -0.39 is 5.82 Å². The molecule has 1 atom stereocenters.